The van der Waals surface area contributed by atoms with Crippen LogP contribution in [0.1, 0.15) is 108 Å². The second-order valence-electron chi connectivity index (χ2n) is 15.9. The molecule has 0 aromatic carbocycles. The number of esters is 1. The Hall–Kier alpha value is -3.44. The van der Waals surface area contributed by atoms with Gasteiger partial charge < -0.3 is 30.1 Å². The van der Waals surface area contributed by atoms with Crippen molar-refractivity contribution in [1.82, 2.24) is 25.3 Å². The number of allylic oxidation sites excluding steroid dienone is 1. The van der Waals surface area contributed by atoms with E-state index in [4.69, 9.17) is 4.74 Å². The molecule has 2 N–H and O–H groups in total. The van der Waals surface area contributed by atoms with E-state index in [1.54, 1.807) is 32.7 Å². The average Bonchev–Trinajstić information content (AvgIpc) is 3.51. The molecular formula is C37H63N5O7. The van der Waals surface area contributed by atoms with Crippen molar-refractivity contribution in [3.8, 4) is 0 Å². The van der Waals surface area contributed by atoms with Gasteiger partial charge in [0.2, 0.25) is 29.5 Å². The van der Waals surface area contributed by atoms with Gasteiger partial charge in [-0.2, -0.15) is 0 Å². The first-order chi connectivity index (χ1) is 22.7. The molecule has 0 aromatic heterocycles. The van der Waals surface area contributed by atoms with Gasteiger partial charge in [0.05, 0.1) is 6.54 Å². The molecule has 5 amide bonds. The predicted octanol–water partition coefficient (Wildman–Crippen LogP) is 3.68. The first kappa shape index (κ1) is 41.7. The Labute approximate surface area is 294 Å². The van der Waals surface area contributed by atoms with E-state index in [9.17, 15) is 28.8 Å². The molecule has 12 nitrogen and oxygen atoms in total. The normalized spacial score (nSPS) is 28.6. The van der Waals surface area contributed by atoms with Crippen LogP contribution in [0.15, 0.2) is 11.6 Å². The third-order valence-corrected chi connectivity index (χ3v) is 9.78. The molecule has 0 aromatic rings. The molecule has 2 heterocycles. The summed E-state index contributed by atoms with van der Waals surface area (Å²) in [5.41, 5.74) is 0.595. The number of hydrogen-bond acceptors (Lipinski definition) is 7. The van der Waals surface area contributed by atoms with E-state index in [0.29, 0.717) is 38.6 Å². The summed E-state index contributed by atoms with van der Waals surface area (Å²) in [6.07, 6.45) is 5.02. The molecule has 0 radical (unpaired) electrons. The number of hydrogen-bond donors (Lipinski definition) is 2. The van der Waals surface area contributed by atoms with Crippen LogP contribution in [0.4, 0.5) is 0 Å². The molecule has 1 fully saturated rings. The summed E-state index contributed by atoms with van der Waals surface area (Å²) in [5, 5.41) is 5.46. The monoisotopic (exact) mass is 689 g/mol. The van der Waals surface area contributed by atoms with Crippen LogP contribution in [0.2, 0.25) is 0 Å². The molecule has 0 bridgehead atoms. The average molecular weight is 690 g/mol. The fourth-order valence-corrected chi connectivity index (χ4v) is 6.27. The standard InChI is InChI=1S/C37H63N5O7/c1-22(2)19-28-36(48)49-29(37(8,9)10)20-24(5)15-13-16-25(6)34(46)42-18-14-17-27(42)32(44)39-31(23(3)4)33(45)38-21-30(43)40(11)26(7)35(47)41(28)12/h20,22-23,25-29,31H,13-19,21H2,1-12H3,(H,38,45)(H,39,44)/t25-,26+,27+,28+,29+,31+/m1/s1. The zero-order valence-corrected chi connectivity index (χ0v) is 32.1. The van der Waals surface area contributed by atoms with Gasteiger partial charge in [-0.05, 0) is 70.3 Å². The lowest BCUT2D eigenvalue weighted by Crippen LogP contribution is -2.57. The van der Waals surface area contributed by atoms with Crippen LogP contribution in [-0.2, 0) is 33.5 Å². The second kappa shape index (κ2) is 18.0. The molecule has 6 atom stereocenters. The van der Waals surface area contributed by atoms with Gasteiger partial charge in [0.25, 0.3) is 0 Å². The lowest BCUT2D eigenvalue weighted by molar-refractivity contribution is -0.162. The Morgan fingerprint density at radius 2 is 1.53 bits per heavy atom. The van der Waals surface area contributed by atoms with Gasteiger partial charge in [-0.1, -0.05) is 61.0 Å². The van der Waals surface area contributed by atoms with Gasteiger partial charge in [0.1, 0.15) is 30.3 Å². The Bertz CT molecular complexity index is 1240. The summed E-state index contributed by atoms with van der Waals surface area (Å²) in [5.74, 6) is -2.98. The predicted molar refractivity (Wildman–Crippen MR) is 189 cm³/mol. The molecule has 0 aliphatic carbocycles. The van der Waals surface area contributed by atoms with Crippen molar-refractivity contribution < 1.29 is 33.5 Å². The third kappa shape index (κ3) is 11.6. The molecule has 12 heteroatoms. The number of carbonyl (C=O) groups excluding carboxylic acids is 6. The van der Waals surface area contributed by atoms with Crippen LogP contribution in [0.3, 0.4) is 0 Å². The molecule has 278 valence electrons. The number of fused-ring (bicyclic) bond motifs is 1. The van der Waals surface area contributed by atoms with Gasteiger partial charge in [-0.15, -0.1) is 0 Å². The maximum atomic E-state index is 13.8. The van der Waals surface area contributed by atoms with Crippen molar-refractivity contribution in [1.29, 1.82) is 0 Å². The van der Waals surface area contributed by atoms with E-state index >= 15 is 0 Å². The molecule has 0 unspecified atom stereocenters. The SMILES string of the molecule is CC1=C[C@@H](C(C)(C)C)OC(=O)[C@H](CC(C)C)N(C)C(=O)[C@H](C)N(C)C(=O)CNC(=O)[C@H](C(C)C)NC(=O)[C@@H]2CCCN2C(=O)[C@H](C)CCC1. The Morgan fingerprint density at radius 1 is 0.898 bits per heavy atom. The lowest BCUT2D eigenvalue weighted by Gasteiger charge is -2.35. The van der Waals surface area contributed by atoms with E-state index in [2.05, 4.69) is 10.6 Å². The topological polar surface area (TPSA) is 145 Å². The van der Waals surface area contributed by atoms with Gasteiger partial charge in [-0.25, -0.2) is 4.79 Å². The van der Waals surface area contributed by atoms with E-state index in [0.717, 1.165) is 12.0 Å². The number of carbonyl (C=O) groups is 6. The minimum atomic E-state index is -0.933. The highest BCUT2D eigenvalue weighted by molar-refractivity contribution is 5.95. The summed E-state index contributed by atoms with van der Waals surface area (Å²) in [7, 11) is 3.02. The zero-order valence-electron chi connectivity index (χ0n) is 32.1. The van der Waals surface area contributed by atoms with E-state index in [1.807, 2.05) is 54.5 Å². The molecule has 0 spiro atoms. The fourth-order valence-electron chi connectivity index (χ4n) is 6.27. The van der Waals surface area contributed by atoms with Gasteiger partial charge >= 0.3 is 5.97 Å². The maximum Gasteiger partial charge on any atom is 0.329 e. The Morgan fingerprint density at radius 3 is 2.10 bits per heavy atom. The van der Waals surface area contributed by atoms with Gasteiger partial charge in [0, 0.05) is 32.0 Å². The highest BCUT2D eigenvalue weighted by Crippen LogP contribution is 2.28. The van der Waals surface area contributed by atoms with E-state index in [-0.39, 0.29) is 29.6 Å². The van der Waals surface area contributed by atoms with Crippen molar-refractivity contribution in [3.05, 3.63) is 11.6 Å². The number of ether oxygens (including phenoxy) is 1. The van der Waals surface area contributed by atoms with Crippen LogP contribution in [-0.4, -0.2) is 108 Å². The lowest BCUT2D eigenvalue weighted by atomic mass is 9.87. The van der Waals surface area contributed by atoms with E-state index < -0.39 is 65.9 Å². The number of nitrogens with zero attached hydrogens (tertiary/aromatic N) is 3. The first-order valence-corrected chi connectivity index (χ1v) is 18.0. The van der Waals surface area contributed by atoms with Crippen LogP contribution in [0, 0.1) is 23.2 Å². The summed E-state index contributed by atoms with van der Waals surface area (Å²) in [6, 6.07) is -3.41. The molecule has 2 rings (SSSR count). The van der Waals surface area contributed by atoms with Crippen molar-refractivity contribution in [3.63, 3.8) is 0 Å². The van der Waals surface area contributed by atoms with Crippen molar-refractivity contribution in [2.24, 2.45) is 23.2 Å². The number of likely N-dealkylation sites (N-methyl/N-ethyl adjacent to an activating group) is 2. The Kier molecular flexibility index (Phi) is 15.3. The Balaban J connectivity index is 2.48. The maximum absolute atomic E-state index is 13.8. The van der Waals surface area contributed by atoms with Crippen LogP contribution < -0.4 is 10.6 Å². The molecule has 49 heavy (non-hydrogen) atoms. The highest BCUT2D eigenvalue weighted by atomic mass is 16.5. The summed E-state index contributed by atoms with van der Waals surface area (Å²) >= 11 is 0. The zero-order chi connectivity index (χ0) is 37.4. The van der Waals surface area contributed by atoms with Crippen molar-refractivity contribution in [2.45, 2.75) is 138 Å². The molecular weight excluding hydrogens is 626 g/mol. The smallest absolute Gasteiger partial charge is 0.329 e. The minimum absolute atomic E-state index is 0.0739. The van der Waals surface area contributed by atoms with Crippen LogP contribution >= 0.6 is 0 Å². The molecule has 1 saturated heterocycles. The minimum Gasteiger partial charge on any atom is -0.456 e. The van der Waals surface area contributed by atoms with Crippen molar-refractivity contribution in [2.75, 3.05) is 27.2 Å². The second-order valence-corrected chi connectivity index (χ2v) is 15.9. The largest absolute Gasteiger partial charge is 0.456 e. The number of nitrogens with one attached hydrogen (secondary N) is 2. The third-order valence-electron chi connectivity index (χ3n) is 9.78. The van der Waals surface area contributed by atoms with E-state index in [1.165, 1.54) is 16.8 Å². The summed E-state index contributed by atoms with van der Waals surface area (Å²) in [4.78, 5) is 85.2. The first-order valence-electron chi connectivity index (χ1n) is 18.0. The number of cyclic esters (lactones) is 1. The number of rotatable bonds is 3. The highest BCUT2D eigenvalue weighted by Gasteiger charge is 2.39. The molecule has 0 saturated carbocycles. The van der Waals surface area contributed by atoms with Crippen LogP contribution in [0.25, 0.3) is 0 Å². The fraction of sp³-hybridized carbons (Fsp3) is 0.784. The summed E-state index contributed by atoms with van der Waals surface area (Å²) in [6.45, 7) is 19.0. The molecule has 2 aliphatic heterocycles. The van der Waals surface area contributed by atoms with Crippen LogP contribution in [0.5, 0.6) is 0 Å². The number of amides is 5. The quantitative estimate of drug-likeness (QED) is 0.340. The van der Waals surface area contributed by atoms with Gasteiger partial charge in [-0.3, -0.25) is 24.0 Å². The van der Waals surface area contributed by atoms with Gasteiger partial charge in [0.15, 0.2) is 0 Å². The summed E-state index contributed by atoms with van der Waals surface area (Å²) < 4.78 is 6.14. The molecule has 2 aliphatic rings. The van der Waals surface area contributed by atoms with Crippen molar-refractivity contribution >= 4 is 35.5 Å².